The molecule has 0 fully saturated rings. The predicted octanol–water partition coefficient (Wildman–Crippen LogP) is 1.66. The summed E-state index contributed by atoms with van der Waals surface area (Å²) in [6.45, 7) is 10.9. The van der Waals surface area contributed by atoms with Crippen LogP contribution in [0.25, 0.3) is 0 Å². The molecule has 0 heterocycles. The first kappa shape index (κ1) is 7.02. The number of hydrogen-bond donors (Lipinski definition) is 0. The molecule has 0 rings (SSSR count). The Labute approximate surface area is 52.0 Å². The number of hydrogen-bond acceptors (Lipinski definition) is 0. The first-order chi connectivity index (χ1) is 3.35. The molecule has 1 radical (unpaired) electrons. The van der Waals surface area contributed by atoms with Crippen molar-refractivity contribution in [2.75, 3.05) is 0 Å². The average molecular weight is 200 g/mol. The summed E-state index contributed by atoms with van der Waals surface area (Å²) >= 11 is -1.36. The Morgan fingerprint density at radius 2 is 1.14 bits per heavy atom. The molecule has 0 nitrogen and oxygen atoms in total. The molecule has 0 aromatic heterocycles. The third kappa shape index (κ3) is 2.68. The summed E-state index contributed by atoms with van der Waals surface area (Å²) in [7, 11) is 0. The van der Waals surface area contributed by atoms with Crippen molar-refractivity contribution < 1.29 is 0 Å². The molecular formula is C6H9Sn. The van der Waals surface area contributed by atoms with E-state index in [1.807, 2.05) is 12.3 Å². The fourth-order valence-corrected chi connectivity index (χ4v) is 1.68. The molecule has 1 heteroatoms. The minimum absolute atomic E-state index is 1.36. The molecule has 0 aliphatic rings. The van der Waals surface area contributed by atoms with Crippen molar-refractivity contribution in [3.05, 3.63) is 32.0 Å². The second-order valence-corrected chi connectivity index (χ2v) is 7.46. The van der Waals surface area contributed by atoms with Gasteiger partial charge in [-0.25, -0.2) is 0 Å². The van der Waals surface area contributed by atoms with Crippen LogP contribution in [0.15, 0.2) is 32.0 Å². The molecule has 0 aliphatic carbocycles. The van der Waals surface area contributed by atoms with Crippen LogP contribution in [0.4, 0.5) is 0 Å². The van der Waals surface area contributed by atoms with Crippen molar-refractivity contribution in [1.82, 2.24) is 0 Å². The Morgan fingerprint density at radius 1 is 0.857 bits per heavy atom. The first-order valence-corrected chi connectivity index (χ1v) is 7.03. The van der Waals surface area contributed by atoms with Crippen LogP contribution in [0.5, 0.6) is 0 Å². The quantitative estimate of drug-likeness (QED) is 0.607. The molecule has 0 aliphatic heterocycles. The van der Waals surface area contributed by atoms with E-state index in [2.05, 4.69) is 19.7 Å². The van der Waals surface area contributed by atoms with Gasteiger partial charge in [-0.15, -0.1) is 0 Å². The Morgan fingerprint density at radius 3 is 1.14 bits per heavy atom. The van der Waals surface area contributed by atoms with Gasteiger partial charge in [0, 0.05) is 0 Å². The van der Waals surface area contributed by atoms with Crippen LogP contribution in [-0.4, -0.2) is 19.8 Å². The predicted molar refractivity (Wildman–Crippen MR) is 36.3 cm³/mol. The molecule has 0 bridgehead atoms. The maximum absolute atomic E-state index is 3.65. The Kier molecular flexibility index (Phi) is 4.20. The molecule has 0 amide bonds. The summed E-state index contributed by atoms with van der Waals surface area (Å²) in [6.07, 6.45) is 0. The van der Waals surface area contributed by atoms with Crippen LogP contribution in [0.3, 0.4) is 0 Å². The normalized spacial score (nSPS) is 8.14. The Hall–Kier alpha value is 0.0187. The van der Waals surface area contributed by atoms with E-state index in [-0.39, 0.29) is 0 Å². The van der Waals surface area contributed by atoms with Crippen molar-refractivity contribution in [3.63, 3.8) is 0 Å². The summed E-state index contributed by atoms with van der Waals surface area (Å²) in [5.41, 5.74) is 0. The summed E-state index contributed by atoms with van der Waals surface area (Å²) in [4.78, 5) is 0. The minimum atomic E-state index is -1.36. The third-order valence-corrected chi connectivity index (χ3v) is 4.74. The van der Waals surface area contributed by atoms with Crippen LogP contribution in [0, 0.1) is 0 Å². The van der Waals surface area contributed by atoms with E-state index >= 15 is 0 Å². The van der Waals surface area contributed by atoms with Gasteiger partial charge in [-0.2, -0.15) is 0 Å². The topological polar surface area (TPSA) is 0 Å². The summed E-state index contributed by atoms with van der Waals surface area (Å²) < 4.78 is 5.96. The SMILES string of the molecule is C=[CH][Sn]([CH]=C)[CH]=C. The number of rotatable bonds is 3. The molecule has 0 aromatic rings. The van der Waals surface area contributed by atoms with E-state index in [0.29, 0.717) is 0 Å². The van der Waals surface area contributed by atoms with Crippen LogP contribution >= 0.6 is 0 Å². The van der Waals surface area contributed by atoms with Crippen molar-refractivity contribution >= 4 is 19.8 Å². The van der Waals surface area contributed by atoms with Gasteiger partial charge in [0.25, 0.3) is 0 Å². The van der Waals surface area contributed by atoms with Crippen LogP contribution in [0.2, 0.25) is 0 Å². The van der Waals surface area contributed by atoms with E-state index in [4.69, 9.17) is 0 Å². The zero-order valence-corrected chi connectivity index (χ0v) is 7.21. The zero-order chi connectivity index (χ0) is 5.70. The molecule has 0 saturated heterocycles. The monoisotopic (exact) mass is 201 g/mol. The molecule has 0 N–H and O–H groups in total. The third-order valence-electron chi connectivity index (χ3n) is 0.707. The van der Waals surface area contributed by atoms with Gasteiger partial charge in [0.2, 0.25) is 0 Å². The maximum atomic E-state index is 3.65. The van der Waals surface area contributed by atoms with Crippen molar-refractivity contribution in [2.24, 2.45) is 0 Å². The molecule has 37 valence electrons. The molecular weight excluding hydrogens is 191 g/mol. The molecule has 7 heavy (non-hydrogen) atoms. The summed E-state index contributed by atoms with van der Waals surface area (Å²) in [5.74, 6) is 0. The fraction of sp³-hybridized carbons (Fsp3) is 0. The second-order valence-electron chi connectivity index (χ2n) is 1.11. The molecule has 0 aromatic carbocycles. The molecule has 0 atom stereocenters. The van der Waals surface area contributed by atoms with Crippen molar-refractivity contribution in [3.8, 4) is 0 Å². The van der Waals surface area contributed by atoms with Gasteiger partial charge in [0.15, 0.2) is 0 Å². The van der Waals surface area contributed by atoms with Gasteiger partial charge in [-0.3, -0.25) is 0 Å². The summed E-state index contributed by atoms with van der Waals surface area (Å²) in [5, 5.41) is 0. The van der Waals surface area contributed by atoms with Gasteiger partial charge in [0.05, 0.1) is 0 Å². The second kappa shape index (κ2) is 4.18. The zero-order valence-electron chi connectivity index (χ0n) is 4.35. The van der Waals surface area contributed by atoms with E-state index < -0.39 is 19.8 Å². The van der Waals surface area contributed by atoms with Gasteiger partial charge >= 0.3 is 51.8 Å². The van der Waals surface area contributed by atoms with Crippen molar-refractivity contribution in [1.29, 1.82) is 0 Å². The standard InChI is InChI=1S/3C2H3.Sn/c3*1-2;/h3*1H,2H2;. The van der Waals surface area contributed by atoms with Gasteiger partial charge in [0.1, 0.15) is 0 Å². The van der Waals surface area contributed by atoms with E-state index in [0.717, 1.165) is 0 Å². The van der Waals surface area contributed by atoms with E-state index in [9.17, 15) is 0 Å². The average Bonchev–Trinajstić information content (AvgIpc) is 1.72. The van der Waals surface area contributed by atoms with Crippen LogP contribution < -0.4 is 0 Å². The van der Waals surface area contributed by atoms with E-state index in [1.54, 1.807) is 0 Å². The Balaban J connectivity index is 3.57. The van der Waals surface area contributed by atoms with Gasteiger partial charge in [-0.1, -0.05) is 0 Å². The fourth-order valence-electron chi connectivity index (χ4n) is 0.250. The van der Waals surface area contributed by atoms with E-state index in [1.165, 1.54) is 0 Å². The molecule has 0 spiro atoms. The first-order valence-electron chi connectivity index (χ1n) is 2.09. The summed E-state index contributed by atoms with van der Waals surface area (Å²) in [6, 6.07) is 0. The molecule has 0 unspecified atom stereocenters. The van der Waals surface area contributed by atoms with Crippen LogP contribution in [-0.2, 0) is 0 Å². The van der Waals surface area contributed by atoms with Gasteiger partial charge < -0.3 is 0 Å². The Bertz CT molecular complexity index is 65.2. The molecule has 0 saturated carbocycles. The van der Waals surface area contributed by atoms with Gasteiger partial charge in [-0.05, 0) is 0 Å². The van der Waals surface area contributed by atoms with Crippen molar-refractivity contribution in [2.45, 2.75) is 0 Å². The van der Waals surface area contributed by atoms with Crippen LogP contribution in [0.1, 0.15) is 0 Å².